The number of para-hydroxylation sites is 1. The maximum Gasteiger partial charge on any atom is 0.321 e. The number of hydrogen-bond acceptors (Lipinski definition) is 7. The summed E-state index contributed by atoms with van der Waals surface area (Å²) in [5, 5.41) is 12.7. The Morgan fingerprint density at radius 2 is 2.22 bits per heavy atom. The van der Waals surface area contributed by atoms with Crippen LogP contribution in [0.15, 0.2) is 50.2 Å². The molecule has 0 radical (unpaired) electrons. The number of carboxylic acid groups (broad SMARTS) is 1. The van der Waals surface area contributed by atoms with Crippen LogP contribution in [0.2, 0.25) is 0 Å². The highest BCUT2D eigenvalue weighted by atomic mass is 32.2. The highest BCUT2D eigenvalue weighted by molar-refractivity contribution is 8.01. The Bertz CT molecular complexity index is 827. The average Bonchev–Trinajstić information content (AvgIpc) is 3.25. The van der Waals surface area contributed by atoms with Crippen LogP contribution >= 0.6 is 34.9 Å². The van der Waals surface area contributed by atoms with Crippen molar-refractivity contribution >= 4 is 51.0 Å². The van der Waals surface area contributed by atoms with Gasteiger partial charge in [-0.3, -0.25) is 10.1 Å². The monoisotopic (exact) mass is 364 g/mol. The molecule has 0 saturated carbocycles. The normalized spacial score (nSPS) is 21.0. The number of thiazole rings is 1. The van der Waals surface area contributed by atoms with Gasteiger partial charge in [0.15, 0.2) is 9.43 Å². The third-order valence-electron chi connectivity index (χ3n) is 3.40. The molecule has 1 aliphatic rings. The number of nitrogens with zero attached hydrogens (tertiary/aromatic N) is 1. The largest absolute Gasteiger partial charge is 0.480 e. The van der Waals surface area contributed by atoms with Crippen LogP contribution in [0.3, 0.4) is 0 Å². The Balaban J connectivity index is 1.49. The second-order valence-electron chi connectivity index (χ2n) is 4.98. The Kier molecular flexibility index (Phi) is 4.06. The standard InChI is InChI=1S/C15H12N2O3S3/c18-14(19)9-7-21-13(16-9)10-5-6-12(20-10)23-15-17-8-3-1-2-4-11(8)22-15/h1-6,9,13,16H,7H2,(H,18,19)/t9-,13+/m1/s1. The lowest BCUT2D eigenvalue weighted by atomic mass is 10.3. The Morgan fingerprint density at radius 1 is 1.35 bits per heavy atom. The van der Waals surface area contributed by atoms with E-state index in [1.54, 1.807) is 23.1 Å². The molecule has 1 fully saturated rings. The van der Waals surface area contributed by atoms with Gasteiger partial charge in [0.05, 0.1) is 10.2 Å². The first kappa shape index (κ1) is 15.1. The molecule has 2 aromatic heterocycles. The van der Waals surface area contributed by atoms with E-state index in [-0.39, 0.29) is 5.37 Å². The zero-order chi connectivity index (χ0) is 15.8. The summed E-state index contributed by atoms with van der Waals surface area (Å²) >= 11 is 4.67. The summed E-state index contributed by atoms with van der Waals surface area (Å²) in [6.07, 6.45) is 0. The molecule has 3 aromatic rings. The number of benzene rings is 1. The molecule has 5 nitrogen and oxygen atoms in total. The molecule has 1 saturated heterocycles. The second-order valence-corrected chi connectivity index (χ2v) is 8.40. The summed E-state index contributed by atoms with van der Waals surface area (Å²) in [4.78, 5) is 15.6. The van der Waals surface area contributed by atoms with Crippen LogP contribution < -0.4 is 5.32 Å². The highest BCUT2D eigenvalue weighted by Crippen LogP contribution is 2.39. The van der Waals surface area contributed by atoms with Crippen molar-refractivity contribution in [1.29, 1.82) is 0 Å². The highest BCUT2D eigenvalue weighted by Gasteiger charge is 2.32. The Hall–Kier alpha value is -1.48. The quantitative estimate of drug-likeness (QED) is 0.729. The topological polar surface area (TPSA) is 75.4 Å². The first-order valence-corrected chi connectivity index (χ1v) is 9.61. The zero-order valence-electron chi connectivity index (χ0n) is 11.8. The number of nitrogens with one attached hydrogen (secondary N) is 1. The van der Waals surface area contributed by atoms with E-state index in [1.807, 2.05) is 30.3 Å². The summed E-state index contributed by atoms with van der Waals surface area (Å²) in [6, 6.07) is 11.3. The van der Waals surface area contributed by atoms with Gasteiger partial charge in [0.1, 0.15) is 17.2 Å². The molecule has 3 heterocycles. The summed E-state index contributed by atoms with van der Waals surface area (Å²) in [5.74, 6) is 0.471. The van der Waals surface area contributed by atoms with Crippen LogP contribution in [0.4, 0.5) is 0 Å². The van der Waals surface area contributed by atoms with E-state index >= 15 is 0 Å². The molecule has 0 bridgehead atoms. The number of carbonyl (C=O) groups is 1. The van der Waals surface area contributed by atoms with Crippen molar-refractivity contribution in [3.8, 4) is 0 Å². The molecule has 0 spiro atoms. The van der Waals surface area contributed by atoms with Crippen molar-refractivity contribution in [2.45, 2.75) is 20.8 Å². The van der Waals surface area contributed by atoms with E-state index in [1.165, 1.54) is 11.8 Å². The van der Waals surface area contributed by atoms with Crippen LogP contribution in [0.25, 0.3) is 10.2 Å². The van der Waals surface area contributed by atoms with Crippen molar-refractivity contribution < 1.29 is 14.3 Å². The second kappa shape index (κ2) is 6.20. The molecule has 0 unspecified atom stereocenters. The third kappa shape index (κ3) is 3.12. The molecular weight excluding hydrogens is 352 g/mol. The lowest BCUT2D eigenvalue weighted by Crippen LogP contribution is -2.33. The van der Waals surface area contributed by atoms with Gasteiger partial charge in [0.2, 0.25) is 0 Å². The molecule has 0 amide bonds. The predicted octanol–water partition coefficient (Wildman–Crippen LogP) is 3.83. The van der Waals surface area contributed by atoms with E-state index in [2.05, 4.69) is 16.4 Å². The third-order valence-corrected chi connectivity index (χ3v) is 6.65. The van der Waals surface area contributed by atoms with Crippen molar-refractivity contribution in [2.75, 3.05) is 5.75 Å². The summed E-state index contributed by atoms with van der Waals surface area (Å²) < 4.78 is 7.93. The first-order chi connectivity index (χ1) is 11.2. The minimum Gasteiger partial charge on any atom is -0.480 e. The number of aromatic nitrogens is 1. The van der Waals surface area contributed by atoms with Gasteiger partial charge in [-0.05, 0) is 36.0 Å². The van der Waals surface area contributed by atoms with E-state index in [0.29, 0.717) is 5.75 Å². The lowest BCUT2D eigenvalue weighted by molar-refractivity contribution is -0.138. The minimum atomic E-state index is -0.823. The fraction of sp³-hybridized carbons (Fsp3) is 0.200. The van der Waals surface area contributed by atoms with Gasteiger partial charge in [-0.25, -0.2) is 4.98 Å². The van der Waals surface area contributed by atoms with Gasteiger partial charge in [-0.1, -0.05) is 12.1 Å². The van der Waals surface area contributed by atoms with Crippen molar-refractivity contribution in [3.05, 3.63) is 42.2 Å². The fourth-order valence-electron chi connectivity index (χ4n) is 2.29. The molecule has 2 atom stereocenters. The van der Waals surface area contributed by atoms with Crippen LogP contribution in [0.1, 0.15) is 11.1 Å². The number of furan rings is 1. The molecule has 0 aliphatic carbocycles. The molecule has 2 N–H and O–H groups in total. The average molecular weight is 364 g/mol. The van der Waals surface area contributed by atoms with Crippen molar-refractivity contribution in [2.24, 2.45) is 0 Å². The number of carboxylic acids is 1. The molecular formula is C15H12N2O3S3. The fourth-order valence-corrected chi connectivity index (χ4v) is 5.43. The summed E-state index contributed by atoms with van der Waals surface area (Å²) in [7, 11) is 0. The lowest BCUT2D eigenvalue weighted by Gasteiger charge is -2.07. The van der Waals surface area contributed by atoms with Gasteiger partial charge in [-0.2, -0.15) is 0 Å². The SMILES string of the molecule is O=C(O)[C@H]1CS[C@@H](c2ccc(Sc3nc4ccccc4s3)o2)N1. The predicted molar refractivity (Wildman–Crippen MR) is 92.2 cm³/mol. The van der Waals surface area contributed by atoms with Crippen LogP contribution in [-0.2, 0) is 4.79 Å². The summed E-state index contributed by atoms with van der Waals surface area (Å²) in [6.45, 7) is 0. The Morgan fingerprint density at radius 3 is 3.00 bits per heavy atom. The maximum atomic E-state index is 11.0. The molecule has 23 heavy (non-hydrogen) atoms. The maximum absolute atomic E-state index is 11.0. The van der Waals surface area contributed by atoms with Gasteiger partial charge >= 0.3 is 5.97 Å². The number of thioether (sulfide) groups is 1. The van der Waals surface area contributed by atoms with Gasteiger partial charge < -0.3 is 9.52 Å². The van der Waals surface area contributed by atoms with Gasteiger partial charge in [0.25, 0.3) is 0 Å². The van der Waals surface area contributed by atoms with E-state index < -0.39 is 12.0 Å². The minimum absolute atomic E-state index is 0.110. The molecule has 1 aliphatic heterocycles. The van der Waals surface area contributed by atoms with E-state index in [0.717, 1.165) is 25.4 Å². The summed E-state index contributed by atoms with van der Waals surface area (Å²) in [5.41, 5.74) is 0.990. The van der Waals surface area contributed by atoms with Crippen molar-refractivity contribution in [1.82, 2.24) is 10.3 Å². The zero-order valence-corrected chi connectivity index (χ0v) is 14.2. The van der Waals surface area contributed by atoms with Gasteiger partial charge in [-0.15, -0.1) is 23.1 Å². The number of rotatable bonds is 4. The number of hydrogen-bond donors (Lipinski definition) is 2. The molecule has 4 rings (SSSR count). The number of aliphatic carboxylic acids is 1. The smallest absolute Gasteiger partial charge is 0.321 e. The van der Waals surface area contributed by atoms with Crippen LogP contribution in [-0.4, -0.2) is 27.9 Å². The van der Waals surface area contributed by atoms with Crippen LogP contribution in [0.5, 0.6) is 0 Å². The van der Waals surface area contributed by atoms with Gasteiger partial charge in [0, 0.05) is 5.75 Å². The number of fused-ring (bicyclic) bond motifs is 1. The van der Waals surface area contributed by atoms with Crippen LogP contribution in [0, 0.1) is 0 Å². The first-order valence-electron chi connectivity index (χ1n) is 6.93. The molecule has 1 aromatic carbocycles. The Labute approximate surface area is 144 Å². The van der Waals surface area contributed by atoms with E-state index in [4.69, 9.17) is 9.52 Å². The van der Waals surface area contributed by atoms with Crippen molar-refractivity contribution in [3.63, 3.8) is 0 Å². The van der Waals surface area contributed by atoms with E-state index in [9.17, 15) is 4.79 Å². The molecule has 118 valence electrons. The molecule has 8 heteroatoms.